The molecular weight excluding hydrogens is 488 g/mol. The Kier molecular flexibility index (Phi) is 6.33. The Morgan fingerprint density at radius 1 is 0.824 bits per heavy atom. The Balaban J connectivity index is 0.00000217. The number of hydrogen-bond acceptors (Lipinski definition) is 0. The fourth-order valence-corrected chi connectivity index (χ4v) is 9.29. The summed E-state index contributed by atoms with van der Waals surface area (Å²) in [4.78, 5) is 0. The van der Waals surface area contributed by atoms with Crippen molar-refractivity contribution < 1.29 is 26.2 Å². The number of rotatable bonds is 4. The molecule has 0 N–H and O–H groups in total. The van der Waals surface area contributed by atoms with E-state index >= 15 is 0 Å². The van der Waals surface area contributed by atoms with Crippen LogP contribution in [-0.2, 0) is 38.0 Å². The van der Waals surface area contributed by atoms with Gasteiger partial charge in [0.05, 0.1) is 0 Å². The second-order valence-corrected chi connectivity index (χ2v) is 12.8. The van der Waals surface area contributed by atoms with Crippen LogP contribution in [0.1, 0.15) is 99.3 Å². The normalized spacial score (nSPS) is 31.8. The van der Waals surface area contributed by atoms with Crippen LogP contribution in [0.3, 0.4) is 0 Å². The number of fused-ring (bicyclic) bond motifs is 1. The van der Waals surface area contributed by atoms with Gasteiger partial charge in [0, 0.05) is 26.2 Å². The average Bonchev–Trinajstić information content (AvgIpc) is 3.20. The van der Waals surface area contributed by atoms with Crippen molar-refractivity contribution in [2.45, 2.75) is 95.8 Å². The molecule has 0 heterocycles. The molecule has 0 spiro atoms. The van der Waals surface area contributed by atoms with E-state index in [1.165, 1.54) is 106 Å². The molecule has 6 aliphatic rings. The molecule has 5 saturated carbocycles. The van der Waals surface area contributed by atoms with E-state index in [9.17, 15) is 0 Å². The zero-order valence-corrected chi connectivity index (χ0v) is 23.5. The summed E-state index contributed by atoms with van der Waals surface area (Å²) in [6.45, 7) is 2.28. The van der Waals surface area contributed by atoms with Gasteiger partial charge in [-0.05, 0) is 115 Å². The van der Waals surface area contributed by atoms with Gasteiger partial charge in [0.15, 0.2) is 0 Å². The molecule has 0 aliphatic heterocycles. The van der Waals surface area contributed by atoms with E-state index in [0.29, 0.717) is 5.41 Å². The third kappa shape index (κ3) is 4.17. The van der Waals surface area contributed by atoms with Crippen LogP contribution in [0.5, 0.6) is 0 Å². The van der Waals surface area contributed by atoms with Crippen molar-refractivity contribution >= 4 is 6.08 Å². The van der Waals surface area contributed by atoms with Gasteiger partial charge in [-0.15, -0.1) is 0 Å². The van der Waals surface area contributed by atoms with Gasteiger partial charge in [0.25, 0.3) is 0 Å². The van der Waals surface area contributed by atoms with Crippen molar-refractivity contribution in [3.05, 3.63) is 64.2 Å². The van der Waals surface area contributed by atoms with E-state index in [2.05, 4.69) is 49.4 Å². The summed E-state index contributed by atoms with van der Waals surface area (Å²) in [6, 6.07) is 14.9. The van der Waals surface area contributed by atoms with Crippen LogP contribution in [0.25, 0.3) is 17.2 Å². The number of hydrogen-bond donors (Lipinski definition) is 0. The fraction of sp³-hybridized carbons (Fsp3) is 0.576. The summed E-state index contributed by atoms with van der Waals surface area (Å²) in [5.74, 6) is 3.99. The topological polar surface area (TPSA) is 0 Å². The molecule has 0 saturated heterocycles. The molecular formula is C33H40Zr. The van der Waals surface area contributed by atoms with Gasteiger partial charge in [-0.1, -0.05) is 85.7 Å². The second kappa shape index (κ2) is 9.18. The Labute approximate surface area is 226 Å². The molecule has 176 valence electrons. The predicted octanol–water partition coefficient (Wildman–Crippen LogP) is 9.04. The molecule has 0 atom stereocenters. The van der Waals surface area contributed by atoms with Crippen LogP contribution < -0.4 is 0 Å². The largest absolute Gasteiger partial charge is 0.0649 e. The van der Waals surface area contributed by atoms with Gasteiger partial charge < -0.3 is 0 Å². The van der Waals surface area contributed by atoms with Gasteiger partial charge in [-0.2, -0.15) is 0 Å². The Morgan fingerprint density at radius 2 is 1.47 bits per heavy atom. The minimum absolute atomic E-state index is 0. The first-order valence-corrected chi connectivity index (χ1v) is 14.1. The van der Waals surface area contributed by atoms with Gasteiger partial charge in [0.1, 0.15) is 0 Å². The van der Waals surface area contributed by atoms with Crippen molar-refractivity contribution in [3.8, 4) is 11.1 Å². The summed E-state index contributed by atoms with van der Waals surface area (Å²) in [6.07, 6.45) is 21.3. The first-order chi connectivity index (χ1) is 16.1. The van der Waals surface area contributed by atoms with E-state index in [0.717, 1.165) is 23.7 Å². The summed E-state index contributed by atoms with van der Waals surface area (Å²) < 4.78 is 0. The standard InChI is InChI=1S/C33H40.Zr/c1-22-11-29-17-24(13-23-5-3-2-4-6-23)18-32(29)31(12-22)28-7-9-30(10-8-28)33-19-25-14-26(20-33)16-27(15-25)21-33;/h7-12,18,23,25-27H,2-6,13-17,19-21H2,1H3;. The van der Waals surface area contributed by atoms with Crippen LogP contribution in [0.2, 0.25) is 0 Å². The molecule has 0 nitrogen and oxygen atoms in total. The maximum atomic E-state index is 2.58. The maximum absolute atomic E-state index is 2.58. The molecule has 6 aliphatic carbocycles. The Morgan fingerprint density at radius 3 is 2.12 bits per heavy atom. The minimum Gasteiger partial charge on any atom is -0.0649 e. The molecule has 2 aromatic rings. The van der Waals surface area contributed by atoms with Crippen LogP contribution >= 0.6 is 0 Å². The van der Waals surface area contributed by atoms with Gasteiger partial charge in [-0.25, -0.2) is 0 Å². The van der Waals surface area contributed by atoms with Gasteiger partial charge in [-0.3, -0.25) is 0 Å². The van der Waals surface area contributed by atoms with E-state index in [1.54, 1.807) is 16.7 Å². The van der Waals surface area contributed by atoms with Crippen LogP contribution in [0.4, 0.5) is 0 Å². The maximum Gasteiger partial charge on any atom is 0 e. The average molecular weight is 528 g/mol. The molecule has 0 aromatic heterocycles. The smallest absolute Gasteiger partial charge is 0 e. The van der Waals surface area contributed by atoms with E-state index in [4.69, 9.17) is 0 Å². The van der Waals surface area contributed by atoms with E-state index in [-0.39, 0.29) is 26.2 Å². The molecule has 0 unspecified atom stereocenters. The van der Waals surface area contributed by atoms with Crippen molar-refractivity contribution in [2.24, 2.45) is 23.7 Å². The third-order valence-corrected chi connectivity index (χ3v) is 10.3. The van der Waals surface area contributed by atoms with Crippen LogP contribution in [-0.4, -0.2) is 0 Å². The summed E-state index contributed by atoms with van der Waals surface area (Å²) in [7, 11) is 0. The first-order valence-electron chi connectivity index (χ1n) is 14.1. The molecule has 2 aromatic carbocycles. The number of allylic oxidation sites excluding steroid dienone is 1. The summed E-state index contributed by atoms with van der Waals surface area (Å²) >= 11 is 0. The fourth-order valence-electron chi connectivity index (χ4n) is 9.29. The zero-order chi connectivity index (χ0) is 22.0. The third-order valence-electron chi connectivity index (χ3n) is 10.3. The van der Waals surface area contributed by atoms with Crippen molar-refractivity contribution in [3.63, 3.8) is 0 Å². The molecule has 0 radical (unpaired) electrons. The SMILES string of the molecule is Cc1cc2c(c(-c3ccc(C45CC6CC(CC(C6)C4)C5)cc3)c1)C=C(CC1CCCCC1)C2.[Zr]. The number of aryl methyl sites for hydroxylation is 1. The van der Waals surface area contributed by atoms with Crippen LogP contribution in [0, 0.1) is 30.6 Å². The predicted molar refractivity (Wildman–Crippen MR) is 139 cm³/mol. The minimum atomic E-state index is 0. The van der Waals surface area contributed by atoms with Gasteiger partial charge in [0.2, 0.25) is 0 Å². The molecule has 1 heteroatoms. The Hall–Kier alpha value is -0.937. The van der Waals surface area contributed by atoms with Gasteiger partial charge >= 0.3 is 0 Å². The van der Waals surface area contributed by atoms with E-state index < -0.39 is 0 Å². The van der Waals surface area contributed by atoms with Crippen molar-refractivity contribution in [2.75, 3.05) is 0 Å². The summed E-state index contributed by atoms with van der Waals surface area (Å²) in [5, 5.41) is 0. The molecule has 34 heavy (non-hydrogen) atoms. The first kappa shape index (κ1) is 23.5. The van der Waals surface area contributed by atoms with E-state index in [1.807, 2.05) is 0 Å². The summed E-state index contributed by atoms with van der Waals surface area (Å²) in [5.41, 5.74) is 11.3. The Bertz CT molecular complexity index is 1050. The second-order valence-electron chi connectivity index (χ2n) is 12.8. The molecule has 8 rings (SSSR count). The zero-order valence-electron chi connectivity index (χ0n) is 21.0. The quantitative estimate of drug-likeness (QED) is 0.372. The molecule has 0 amide bonds. The van der Waals surface area contributed by atoms with Crippen molar-refractivity contribution in [1.29, 1.82) is 0 Å². The monoisotopic (exact) mass is 526 g/mol. The van der Waals surface area contributed by atoms with Crippen LogP contribution in [0.15, 0.2) is 42.0 Å². The molecule has 5 fully saturated rings. The molecule has 4 bridgehead atoms. The number of benzene rings is 2. The van der Waals surface area contributed by atoms with Crippen molar-refractivity contribution in [1.82, 2.24) is 0 Å².